The van der Waals surface area contributed by atoms with Gasteiger partial charge < -0.3 is 4.74 Å². The lowest BCUT2D eigenvalue weighted by molar-refractivity contribution is -0.144. The molecule has 0 fully saturated rings. The summed E-state index contributed by atoms with van der Waals surface area (Å²) in [7, 11) is 0. The van der Waals surface area contributed by atoms with Crippen molar-refractivity contribution < 1.29 is 9.53 Å². The molecule has 0 N–H and O–H groups in total. The zero-order chi connectivity index (χ0) is 16.1. The summed E-state index contributed by atoms with van der Waals surface area (Å²) in [5, 5.41) is 12.2. The van der Waals surface area contributed by atoms with Crippen LogP contribution in [0.4, 0.5) is 0 Å². The molecule has 0 atom stereocenters. The maximum atomic E-state index is 11.6. The largest absolute Gasteiger partial charge is 0.462 e. The Bertz CT molecular complexity index is 623. The van der Waals surface area contributed by atoms with Crippen molar-refractivity contribution in [2.45, 2.75) is 44.9 Å². The number of tetrazole rings is 1. The molecule has 6 nitrogen and oxygen atoms in total. The van der Waals surface area contributed by atoms with Crippen LogP contribution in [0.2, 0.25) is 0 Å². The van der Waals surface area contributed by atoms with Gasteiger partial charge in [-0.15, -0.1) is 5.10 Å². The van der Waals surface area contributed by atoms with Crippen LogP contribution in [0.5, 0.6) is 0 Å². The van der Waals surface area contributed by atoms with Gasteiger partial charge in [-0.2, -0.15) is 4.68 Å². The summed E-state index contributed by atoms with van der Waals surface area (Å²) < 4.78 is 6.72. The summed E-state index contributed by atoms with van der Waals surface area (Å²) in [4.78, 5) is 11.6. The fourth-order valence-corrected chi connectivity index (χ4v) is 2.53. The average molecular weight is 320 g/mol. The van der Waals surface area contributed by atoms with Crippen LogP contribution in [0, 0.1) is 0 Å². The number of ether oxygens (including phenoxy) is 1. The maximum Gasteiger partial charge on any atom is 0.316 e. The molecule has 118 valence electrons. The van der Waals surface area contributed by atoms with Gasteiger partial charge in [-0.1, -0.05) is 37.7 Å². The number of thioether (sulfide) groups is 1. The molecule has 2 aromatic rings. The normalized spacial score (nSPS) is 11.2. The molecule has 0 aliphatic rings. The van der Waals surface area contributed by atoms with Crippen molar-refractivity contribution in [1.82, 2.24) is 20.2 Å². The highest BCUT2D eigenvalue weighted by molar-refractivity contribution is 7.99. The third-order valence-corrected chi connectivity index (χ3v) is 3.82. The predicted octanol–water partition coefficient (Wildman–Crippen LogP) is 2.83. The summed E-state index contributed by atoms with van der Waals surface area (Å²) >= 11 is 1.26. The van der Waals surface area contributed by atoms with Crippen molar-refractivity contribution in [3.8, 4) is 5.69 Å². The highest BCUT2D eigenvalue weighted by Crippen LogP contribution is 2.21. The molecular weight excluding hydrogens is 300 g/mol. The minimum absolute atomic E-state index is 0.118. The third-order valence-electron chi connectivity index (χ3n) is 2.93. The number of hydrogen-bond acceptors (Lipinski definition) is 6. The number of nitrogens with zero attached hydrogens (tertiary/aromatic N) is 4. The summed E-state index contributed by atoms with van der Waals surface area (Å²) in [6.07, 6.45) is -0.118. The lowest BCUT2D eigenvalue weighted by Crippen LogP contribution is -2.13. The summed E-state index contributed by atoms with van der Waals surface area (Å²) in [5.41, 5.74) is 2.13. The van der Waals surface area contributed by atoms with Crippen LogP contribution in [0.1, 0.15) is 39.2 Å². The molecule has 0 amide bonds. The summed E-state index contributed by atoms with van der Waals surface area (Å²) in [5.74, 6) is 0.384. The monoisotopic (exact) mass is 320 g/mol. The van der Waals surface area contributed by atoms with Gasteiger partial charge in [-0.3, -0.25) is 4.79 Å². The van der Waals surface area contributed by atoms with E-state index in [1.165, 1.54) is 17.3 Å². The highest BCUT2D eigenvalue weighted by Gasteiger charge is 2.13. The van der Waals surface area contributed by atoms with E-state index in [4.69, 9.17) is 4.74 Å². The number of carbonyl (C=O) groups is 1. The lowest BCUT2D eigenvalue weighted by Gasteiger charge is -2.09. The second-order valence-electron chi connectivity index (χ2n) is 5.45. The summed E-state index contributed by atoms with van der Waals surface area (Å²) in [6.45, 7) is 7.94. The standard InChI is InChI=1S/C15H20N4O2S/c1-10(2)12-5-7-13(8-6-12)19-15(16-17-18-19)22-9-14(20)21-11(3)4/h5-8,10-11H,9H2,1-4H3. The average Bonchev–Trinajstić information content (AvgIpc) is 2.93. The first kappa shape index (κ1) is 16.5. The Morgan fingerprint density at radius 1 is 1.23 bits per heavy atom. The lowest BCUT2D eigenvalue weighted by atomic mass is 10.0. The van der Waals surface area contributed by atoms with Gasteiger partial charge in [0.2, 0.25) is 5.16 Å². The van der Waals surface area contributed by atoms with Crippen molar-refractivity contribution in [3.63, 3.8) is 0 Å². The number of aromatic nitrogens is 4. The van der Waals surface area contributed by atoms with Crippen molar-refractivity contribution in [3.05, 3.63) is 29.8 Å². The Morgan fingerprint density at radius 2 is 1.91 bits per heavy atom. The van der Waals surface area contributed by atoms with E-state index < -0.39 is 0 Å². The number of carbonyl (C=O) groups excluding carboxylic acids is 1. The Labute approximate surface area is 134 Å². The quantitative estimate of drug-likeness (QED) is 0.602. The van der Waals surface area contributed by atoms with Crippen molar-refractivity contribution in [1.29, 1.82) is 0 Å². The van der Waals surface area contributed by atoms with E-state index in [2.05, 4.69) is 41.5 Å². The van der Waals surface area contributed by atoms with Gasteiger partial charge in [-0.05, 0) is 47.9 Å². The minimum atomic E-state index is -0.273. The van der Waals surface area contributed by atoms with E-state index in [0.717, 1.165) is 5.69 Å². The van der Waals surface area contributed by atoms with Gasteiger partial charge in [0.1, 0.15) is 0 Å². The molecule has 0 saturated heterocycles. The zero-order valence-corrected chi connectivity index (χ0v) is 14.0. The SMILES string of the molecule is CC(C)OC(=O)CSc1nnnn1-c1ccc(C(C)C)cc1. The van der Waals surface area contributed by atoms with Crippen LogP contribution in [-0.4, -0.2) is 38.0 Å². The first-order chi connectivity index (χ1) is 10.5. The minimum Gasteiger partial charge on any atom is -0.462 e. The van der Waals surface area contributed by atoms with Gasteiger partial charge in [0.15, 0.2) is 0 Å². The van der Waals surface area contributed by atoms with Crippen LogP contribution >= 0.6 is 11.8 Å². The van der Waals surface area contributed by atoms with E-state index in [1.807, 2.05) is 26.0 Å². The van der Waals surface area contributed by atoms with Gasteiger partial charge >= 0.3 is 5.97 Å². The molecule has 2 rings (SSSR count). The van der Waals surface area contributed by atoms with Crippen LogP contribution < -0.4 is 0 Å². The Balaban J connectivity index is 2.07. The fourth-order valence-electron chi connectivity index (χ4n) is 1.85. The van der Waals surface area contributed by atoms with E-state index in [0.29, 0.717) is 11.1 Å². The molecule has 0 aliphatic heterocycles. The van der Waals surface area contributed by atoms with E-state index in [-0.39, 0.29) is 17.8 Å². The first-order valence-electron chi connectivity index (χ1n) is 7.18. The van der Waals surface area contributed by atoms with E-state index in [9.17, 15) is 4.79 Å². The van der Waals surface area contributed by atoms with Gasteiger partial charge in [0.05, 0.1) is 17.5 Å². The van der Waals surface area contributed by atoms with Gasteiger partial charge in [0.25, 0.3) is 0 Å². The van der Waals surface area contributed by atoms with Crippen molar-refractivity contribution >= 4 is 17.7 Å². The molecule has 0 saturated carbocycles. The zero-order valence-electron chi connectivity index (χ0n) is 13.2. The Hall–Kier alpha value is -1.89. The molecule has 0 bridgehead atoms. The molecule has 0 radical (unpaired) electrons. The smallest absolute Gasteiger partial charge is 0.316 e. The van der Waals surface area contributed by atoms with Crippen LogP contribution in [-0.2, 0) is 9.53 Å². The number of benzene rings is 1. The van der Waals surface area contributed by atoms with Crippen LogP contribution in [0.15, 0.2) is 29.4 Å². The maximum absolute atomic E-state index is 11.6. The molecule has 0 unspecified atom stereocenters. The number of hydrogen-bond donors (Lipinski definition) is 0. The molecule has 1 heterocycles. The molecule has 7 heteroatoms. The Morgan fingerprint density at radius 3 is 2.50 bits per heavy atom. The first-order valence-corrected chi connectivity index (χ1v) is 8.17. The molecular formula is C15H20N4O2S. The van der Waals surface area contributed by atoms with Gasteiger partial charge in [-0.25, -0.2) is 0 Å². The second kappa shape index (κ2) is 7.40. The van der Waals surface area contributed by atoms with E-state index in [1.54, 1.807) is 4.68 Å². The molecule has 1 aromatic heterocycles. The predicted molar refractivity (Wildman–Crippen MR) is 85.2 cm³/mol. The molecule has 22 heavy (non-hydrogen) atoms. The molecule has 0 aliphatic carbocycles. The van der Waals surface area contributed by atoms with Crippen LogP contribution in [0.25, 0.3) is 5.69 Å². The Kier molecular flexibility index (Phi) is 5.54. The fraction of sp³-hybridized carbons (Fsp3) is 0.467. The van der Waals surface area contributed by atoms with Crippen LogP contribution in [0.3, 0.4) is 0 Å². The third kappa shape index (κ3) is 4.30. The van der Waals surface area contributed by atoms with Crippen molar-refractivity contribution in [2.75, 3.05) is 5.75 Å². The van der Waals surface area contributed by atoms with E-state index >= 15 is 0 Å². The highest BCUT2D eigenvalue weighted by atomic mass is 32.2. The number of rotatable bonds is 6. The molecule has 0 spiro atoms. The number of esters is 1. The second-order valence-corrected chi connectivity index (χ2v) is 6.39. The molecule has 1 aromatic carbocycles. The van der Waals surface area contributed by atoms with Crippen molar-refractivity contribution in [2.24, 2.45) is 0 Å². The van der Waals surface area contributed by atoms with Gasteiger partial charge in [0, 0.05) is 0 Å². The topological polar surface area (TPSA) is 69.9 Å². The summed E-state index contributed by atoms with van der Waals surface area (Å²) in [6, 6.07) is 8.07.